The standard InChI is InChI=1S/C14H18N2O3/c1-10(17)16-4-2-3-11(9-16)5-12-6-13(14(18)19)8-15-7-12/h6-8,11H,2-5,9H2,1H3,(H,18,19)/t11-/m1/s1. The number of carbonyl (C=O) groups is 2. The molecule has 1 saturated heterocycles. The van der Waals surface area contributed by atoms with Crippen LogP contribution in [0.5, 0.6) is 0 Å². The van der Waals surface area contributed by atoms with Crippen LogP contribution in [0.2, 0.25) is 0 Å². The third-order valence-electron chi connectivity index (χ3n) is 3.53. The molecule has 2 rings (SSSR count). The summed E-state index contributed by atoms with van der Waals surface area (Å²) < 4.78 is 0. The third kappa shape index (κ3) is 3.53. The van der Waals surface area contributed by atoms with Crippen molar-refractivity contribution in [2.45, 2.75) is 26.2 Å². The van der Waals surface area contributed by atoms with Crippen LogP contribution in [0.25, 0.3) is 0 Å². The molecule has 0 saturated carbocycles. The first-order chi connectivity index (χ1) is 9.06. The fourth-order valence-electron chi connectivity index (χ4n) is 2.57. The van der Waals surface area contributed by atoms with E-state index in [4.69, 9.17) is 5.11 Å². The average molecular weight is 262 g/mol. The Labute approximate surface area is 112 Å². The maximum Gasteiger partial charge on any atom is 0.337 e. The second-order valence-corrected chi connectivity index (χ2v) is 5.06. The van der Waals surface area contributed by atoms with Crippen molar-refractivity contribution in [3.8, 4) is 0 Å². The van der Waals surface area contributed by atoms with Crippen LogP contribution in [0.15, 0.2) is 18.5 Å². The predicted octanol–water partition coefficient (Wildman–Crippen LogP) is 1.58. The Hall–Kier alpha value is -1.91. The second kappa shape index (κ2) is 5.82. The first-order valence-electron chi connectivity index (χ1n) is 6.49. The summed E-state index contributed by atoms with van der Waals surface area (Å²) in [6.45, 7) is 3.18. The molecule has 102 valence electrons. The summed E-state index contributed by atoms with van der Waals surface area (Å²) in [5.41, 5.74) is 1.15. The first kappa shape index (κ1) is 13.5. The highest BCUT2D eigenvalue weighted by Crippen LogP contribution is 2.21. The molecular weight excluding hydrogens is 244 g/mol. The van der Waals surface area contributed by atoms with Crippen LogP contribution in [-0.4, -0.2) is 40.0 Å². The molecule has 0 bridgehead atoms. The van der Waals surface area contributed by atoms with Crippen molar-refractivity contribution >= 4 is 11.9 Å². The van der Waals surface area contributed by atoms with Gasteiger partial charge in [-0.15, -0.1) is 0 Å². The number of pyridine rings is 1. The summed E-state index contributed by atoms with van der Waals surface area (Å²) in [6.07, 6.45) is 5.92. The lowest BCUT2D eigenvalue weighted by Crippen LogP contribution is -2.39. The number of carboxylic acids is 1. The molecule has 19 heavy (non-hydrogen) atoms. The van der Waals surface area contributed by atoms with Crippen LogP contribution in [0.4, 0.5) is 0 Å². The van der Waals surface area contributed by atoms with Crippen LogP contribution >= 0.6 is 0 Å². The van der Waals surface area contributed by atoms with Crippen LogP contribution < -0.4 is 0 Å². The lowest BCUT2D eigenvalue weighted by atomic mass is 9.91. The molecule has 0 aromatic carbocycles. The summed E-state index contributed by atoms with van der Waals surface area (Å²) in [5, 5.41) is 8.94. The minimum absolute atomic E-state index is 0.113. The molecule has 1 amide bonds. The molecule has 1 aromatic heterocycles. The van der Waals surface area contributed by atoms with Crippen molar-refractivity contribution in [3.05, 3.63) is 29.6 Å². The normalized spacial score (nSPS) is 19.2. The highest BCUT2D eigenvalue weighted by Gasteiger charge is 2.22. The second-order valence-electron chi connectivity index (χ2n) is 5.06. The Morgan fingerprint density at radius 1 is 1.47 bits per heavy atom. The van der Waals surface area contributed by atoms with Crippen molar-refractivity contribution in [1.82, 2.24) is 9.88 Å². The minimum Gasteiger partial charge on any atom is -0.478 e. The van der Waals surface area contributed by atoms with Gasteiger partial charge < -0.3 is 10.0 Å². The van der Waals surface area contributed by atoms with E-state index in [0.29, 0.717) is 5.92 Å². The zero-order chi connectivity index (χ0) is 13.8. The molecule has 1 N–H and O–H groups in total. The zero-order valence-corrected chi connectivity index (χ0v) is 11.0. The van der Waals surface area contributed by atoms with E-state index < -0.39 is 5.97 Å². The van der Waals surface area contributed by atoms with E-state index in [2.05, 4.69) is 4.98 Å². The summed E-state index contributed by atoms with van der Waals surface area (Å²) in [4.78, 5) is 28.1. The first-order valence-corrected chi connectivity index (χ1v) is 6.49. The van der Waals surface area contributed by atoms with E-state index in [1.54, 1.807) is 19.2 Å². The van der Waals surface area contributed by atoms with E-state index in [1.165, 1.54) is 6.20 Å². The molecule has 1 aliphatic rings. The van der Waals surface area contributed by atoms with Gasteiger partial charge in [0.15, 0.2) is 0 Å². The van der Waals surface area contributed by atoms with E-state index in [-0.39, 0.29) is 11.5 Å². The van der Waals surface area contributed by atoms with Gasteiger partial charge in [-0.1, -0.05) is 0 Å². The van der Waals surface area contributed by atoms with Crippen LogP contribution in [0, 0.1) is 5.92 Å². The fourth-order valence-corrected chi connectivity index (χ4v) is 2.57. The molecule has 0 radical (unpaired) electrons. The zero-order valence-electron chi connectivity index (χ0n) is 11.0. The molecule has 1 aromatic rings. The van der Waals surface area contributed by atoms with Crippen molar-refractivity contribution in [1.29, 1.82) is 0 Å². The maximum atomic E-state index is 11.4. The number of amides is 1. The molecule has 0 unspecified atom stereocenters. The van der Waals surface area contributed by atoms with Crippen molar-refractivity contribution in [3.63, 3.8) is 0 Å². The SMILES string of the molecule is CC(=O)N1CCC[C@H](Cc2cncc(C(=O)O)c2)C1. The molecular formula is C14H18N2O3. The number of aromatic carboxylic acids is 1. The van der Waals surface area contributed by atoms with Gasteiger partial charge in [-0.2, -0.15) is 0 Å². The van der Waals surface area contributed by atoms with Gasteiger partial charge in [0.2, 0.25) is 5.91 Å². The lowest BCUT2D eigenvalue weighted by Gasteiger charge is -2.32. The minimum atomic E-state index is -0.955. The fraction of sp³-hybridized carbons (Fsp3) is 0.500. The van der Waals surface area contributed by atoms with Crippen LogP contribution in [-0.2, 0) is 11.2 Å². The Bertz CT molecular complexity index is 487. The van der Waals surface area contributed by atoms with E-state index in [1.807, 2.05) is 4.90 Å². The van der Waals surface area contributed by atoms with Gasteiger partial charge in [0, 0.05) is 32.4 Å². The molecule has 0 aliphatic carbocycles. The number of hydrogen-bond donors (Lipinski definition) is 1. The van der Waals surface area contributed by atoms with Crippen LogP contribution in [0.3, 0.4) is 0 Å². The number of piperidine rings is 1. The van der Waals surface area contributed by atoms with Gasteiger partial charge in [0.25, 0.3) is 0 Å². The number of carboxylic acid groups (broad SMARTS) is 1. The van der Waals surface area contributed by atoms with Crippen LogP contribution in [0.1, 0.15) is 35.7 Å². The van der Waals surface area contributed by atoms with Crippen molar-refractivity contribution in [2.24, 2.45) is 5.92 Å². The predicted molar refractivity (Wildman–Crippen MR) is 69.9 cm³/mol. The topological polar surface area (TPSA) is 70.5 Å². The van der Waals surface area contributed by atoms with Gasteiger partial charge in [0.1, 0.15) is 0 Å². The summed E-state index contributed by atoms with van der Waals surface area (Å²) in [6, 6.07) is 1.67. The smallest absolute Gasteiger partial charge is 0.337 e. The molecule has 5 heteroatoms. The number of rotatable bonds is 3. The Kier molecular flexibility index (Phi) is 4.14. The summed E-state index contributed by atoms with van der Waals surface area (Å²) in [7, 11) is 0. The molecule has 0 spiro atoms. The molecule has 1 aliphatic heterocycles. The lowest BCUT2D eigenvalue weighted by molar-refractivity contribution is -0.130. The van der Waals surface area contributed by atoms with E-state index in [0.717, 1.165) is 37.9 Å². The van der Waals surface area contributed by atoms with Gasteiger partial charge in [-0.05, 0) is 36.8 Å². The molecule has 1 atom stereocenters. The number of hydrogen-bond acceptors (Lipinski definition) is 3. The van der Waals surface area contributed by atoms with Gasteiger partial charge in [0.05, 0.1) is 5.56 Å². The Morgan fingerprint density at radius 3 is 2.95 bits per heavy atom. The number of carbonyl (C=O) groups excluding carboxylic acids is 1. The Morgan fingerprint density at radius 2 is 2.26 bits per heavy atom. The molecule has 2 heterocycles. The average Bonchev–Trinajstić information content (AvgIpc) is 2.39. The van der Waals surface area contributed by atoms with Crippen molar-refractivity contribution in [2.75, 3.05) is 13.1 Å². The summed E-state index contributed by atoms with van der Waals surface area (Å²) >= 11 is 0. The highest BCUT2D eigenvalue weighted by molar-refractivity contribution is 5.87. The third-order valence-corrected chi connectivity index (χ3v) is 3.53. The monoisotopic (exact) mass is 262 g/mol. The van der Waals surface area contributed by atoms with E-state index >= 15 is 0 Å². The molecule has 5 nitrogen and oxygen atoms in total. The number of aromatic nitrogens is 1. The van der Waals surface area contributed by atoms with Gasteiger partial charge in [-0.3, -0.25) is 9.78 Å². The van der Waals surface area contributed by atoms with Crippen molar-refractivity contribution < 1.29 is 14.7 Å². The quantitative estimate of drug-likeness (QED) is 0.897. The van der Waals surface area contributed by atoms with E-state index in [9.17, 15) is 9.59 Å². The molecule has 1 fully saturated rings. The number of nitrogens with zero attached hydrogens (tertiary/aromatic N) is 2. The van der Waals surface area contributed by atoms with Gasteiger partial charge >= 0.3 is 5.97 Å². The summed E-state index contributed by atoms with van der Waals surface area (Å²) in [5.74, 6) is -0.450. The van der Waals surface area contributed by atoms with Gasteiger partial charge in [-0.25, -0.2) is 4.79 Å². The largest absolute Gasteiger partial charge is 0.478 e. The maximum absolute atomic E-state index is 11.4. The number of likely N-dealkylation sites (tertiary alicyclic amines) is 1. The highest BCUT2D eigenvalue weighted by atomic mass is 16.4. The Balaban J connectivity index is 2.02.